The van der Waals surface area contributed by atoms with E-state index in [1.165, 1.54) is 18.1 Å². The van der Waals surface area contributed by atoms with Crippen molar-refractivity contribution in [3.05, 3.63) is 64.3 Å². The van der Waals surface area contributed by atoms with Crippen LogP contribution < -0.4 is 10.2 Å². The molecule has 8 nitrogen and oxygen atoms in total. The Labute approximate surface area is 200 Å². The standard InChI is InChI=1S/C23H21Cl2N3O5/c1-13-12-27(2)22(32)20(21(13)31)28(23(33)26-9-8-19(29)30)16-5-3-4-14(10-16)15-6-7-17(24)18(25)11-15/h3-7,10-12,20H,8-9H2,1-2H3,(H,26,33)(H,29,30). The van der Waals surface area contributed by atoms with E-state index in [0.29, 0.717) is 26.7 Å². The first-order chi connectivity index (χ1) is 15.6. The second kappa shape index (κ2) is 10.1. The average Bonchev–Trinajstić information content (AvgIpc) is 2.77. The number of likely N-dealkylation sites (N-methyl/N-ethyl adjacent to an activating group) is 1. The second-order valence-electron chi connectivity index (χ2n) is 7.45. The molecule has 0 fully saturated rings. The molecule has 2 aromatic carbocycles. The van der Waals surface area contributed by atoms with Gasteiger partial charge in [0.1, 0.15) is 0 Å². The lowest BCUT2D eigenvalue weighted by Gasteiger charge is -2.34. The molecule has 3 amide bonds. The van der Waals surface area contributed by atoms with Crippen LogP contribution in [0.25, 0.3) is 11.1 Å². The van der Waals surface area contributed by atoms with E-state index in [2.05, 4.69) is 5.32 Å². The largest absolute Gasteiger partial charge is 0.481 e. The van der Waals surface area contributed by atoms with Crippen LogP contribution in [0.3, 0.4) is 0 Å². The van der Waals surface area contributed by atoms with E-state index in [-0.39, 0.29) is 18.7 Å². The van der Waals surface area contributed by atoms with Gasteiger partial charge in [0.05, 0.1) is 16.5 Å². The minimum absolute atomic E-state index is 0.170. The molecule has 2 aromatic rings. The summed E-state index contributed by atoms with van der Waals surface area (Å²) in [6.07, 6.45) is 1.10. The lowest BCUT2D eigenvalue weighted by molar-refractivity contribution is -0.137. The van der Waals surface area contributed by atoms with Crippen molar-refractivity contribution in [1.29, 1.82) is 0 Å². The topological polar surface area (TPSA) is 107 Å². The molecular weight excluding hydrogens is 469 g/mol. The molecule has 0 aliphatic carbocycles. The summed E-state index contributed by atoms with van der Waals surface area (Å²) >= 11 is 12.1. The van der Waals surface area contributed by atoms with Gasteiger partial charge in [-0.1, -0.05) is 41.4 Å². The first-order valence-corrected chi connectivity index (χ1v) is 10.7. The Morgan fingerprint density at radius 1 is 1.09 bits per heavy atom. The summed E-state index contributed by atoms with van der Waals surface area (Å²) in [5.74, 6) is -2.20. The third-order valence-corrected chi connectivity index (χ3v) is 5.81. The van der Waals surface area contributed by atoms with Crippen molar-refractivity contribution < 1.29 is 24.3 Å². The molecule has 1 aliphatic heterocycles. The first-order valence-electron chi connectivity index (χ1n) is 9.94. The normalized spacial score (nSPS) is 15.8. The number of Topliss-reactive ketones (excluding diaryl/α,β-unsaturated/α-hetero) is 1. The number of anilines is 1. The number of carbonyl (C=O) groups is 4. The van der Waals surface area contributed by atoms with Crippen LogP contribution in [-0.4, -0.2) is 53.3 Å². The molecule has 3 rings (SSSR count). The zero-order valence-corrected chi connectivity index (χ0v) is 19.4. The fraction of sp³-hybridized carbons (Fsp3) is 0.217. The van der Waals surface area contributed by atoms with Gasteiger partial charge in [-0.25, -0.2) is 4.79 Å². The highest BCUT2D eigenvalue weighted by Gasteiger charge is 2.41. The van der Waals surface area contributed by atoms with Crippen LogP contribution in [0.4, 0.5) is 10.5 Å². The van der Waals surface area contributed by atoms with Crippen LogP contribution in [0.2, 0.25) is 10.0 Å². The Balaban J connectivity index is 2.06. The summed E-state index contributed by atoms with van der Waals surface area (Å²) in [7, 11) is 1.50. The van der Waals surface area contributed by atoms with Gasteiger partial charge in [-0.3, -0.25) is 19.3 Å². The third kappa shape index (κ3) is 5.35. The summed E-state index contributed by atoms with van der Waals surface area (Å²) in [4.78, 5) is 52.2. The monoisotopic (exact) mass is 489 g/mol. The average molecular weight is 490 g/mol. The van der Waals surface area contributed by atoms with Crippen LogP contribution >= 0.6 is 23.2 Å². The van der Waals surface area contributed by atoms with Crippen LogP contribution in [0.1, 0.15) is 13.3 Å². The Morgan fingerprint density at radius 3 is 2.45 bits per heavy atom. The number of benzene rings is 2. The zero-order chi connectivity index (χ0) is 24.3. The van der Waals surface area contributed by atoms with Crippen molar-refractivity contribution in [2.75, 3.05) is 18.5 Å². The van der Waals surface area contributed by atoms with Crippen LogP contribution in [0.15, 0.2) is 54.2 Å². The Kier molecular flexibility index (Phi) is 7.40. The molecule has 10 heteroatoms. The Hall–Kier alpha value is -3.36. The zero-order valence-electron chi connectivity index (χ0n) is 17.8. The van der Waals surface area contributed by atoms with E-state index in [0.717, 1.165) is 4.90 Å². The number of rotatable bonds is 6. The smallest absolute Gasteiger partial charge is 0.323 e. The van der Waals surface area contributed by atoms with Gasteiger partial charge < -0.3 is 15.3 Å². The molecule has 2 N–H and O–H groups in total. The number of halogens is 2. The number of carbonyl (C=O) groups excluding carboxylic acids is 3. The molecule has 1 aliphatic rings. The molecular formula is C23H21Cl2N3O5. The van der Waals surface area contributed by atoms with E-state index >= 15 is 0 Å². The fourth-order valence-corrected chi connectivity index (χ4v) is 3.72. The van der Waals surface area contributed by atoms with Gasteiger partial charge in [0.15, 0.2) is 11.8 Å². The second-order valence-corrected chi connectivity index (χ2v) is 8.27. The number of aliphatic carboxylic acids is 1. The fourth-order valence-electron chi connectivity index (χ4n) is 3.42. The SMILES string of the molecule is CC1=CN(C)C(=O)C(N(C(=O)NCCC(=O)O)c2cccc(-c3ccc(Cl)c(Cl)c3)c2)C1=O. The molecule has 172 valence electrons. The van der Waals surface area contributed by atoms with Gasteiger partial charge in [-0.15, -0.1) is 0 Å². The highest BCUT2D eigenvalue weighted by atomic mass is 35.5. The molecule has 33 heavy (non-hydrogen) atoms. The van der Waals surface area contributed by atoms with E-state index in [1.54, 1.807) is 49.4 Å². The van der Waals surface area contributed by atoms with Gasteiger partial charge in [0, 0.05) is 31.1 Å². The number of carboxylic acid groups (broad SMARTS) is 1. The molecule has 1 atom stereocenters. The molecule has 1 heterocycles. The lowest BCUT2D eigenvalue weighted by atomic mass is 9.98. The Bertz CT molecular complexity index is 1160. The summed E-state index contributed by atoms with van der Waals surface area (Å²) < 4.78 is 0. The minimum Gasteiger partial charge on any atom is -0.481 e. The predicted octanol–water partition coefficient (Wildman–Crippen LogP) is 3.96. The third-order valence-electron chi connectivity index (χ3n) is 5.08. The molecule has 0 saturated heterocycles. The number of urea groups is 1. The van der Waals surface area contributed by atoms with Gasteiger partial charge in [0.2, 0.25) is 0 Å². The summed E-state index contributed by atoms with van der Waals surface area (Å²) in [6, 6.07) is 9.54. The van der Waals surface area contributed by atoms with Gasteiger partial charge in [0.25, 0.3) is 5.91 Å². The highest BCUT2D eigenvalue weighted by Crippen LogP contribution is 2.32. The maximum absolute atomic E-state index is 13.1. The summed E-state index contributed by atoms with van der Waals surface area (Å²) in [6.45, 7) is 1.39. The molecule has 0 saturated carbocycles. The van der Waals surface area contributed by atoms with Crippen LogP contribution in [0.5, 0.6) is 0 Å². The number of carboxylic acids is 1. The van der Waals surface area contributed by atoms with Gasteiger partial charge >= 0.3 is 12.0 Å². The van der Waals surface area contributed by atoms with Crippen molar-refractivity contribution in [3.63, 3.8) is 0 Å². The summed E-state index contributed by atoms with van der Waals surface area (Å²) in [5, 5.41) is 12.1. The lowest BCUT2D eigenvalue weighted by Crippen LogP contribution is -2.58. The minimum atomic E-state index is -1.44. The number of nitrogens with zero attached hydrogens (tertiary/aromatic N) is 2. The maximum atomic E-state index is 13.1. The van der Waals surface area contributed by atoms with Crippen molar-refractivity contribution in [2.45, 2.75) is 19.4 Å². The van der Waals surface area contributed by atoms with Crippen molar-refractivity contribution in [3.8, 4) is 11.1 Å². The van der Waals surface area contributed by atoms with Crippen LogP contribution in [-0.2, 0) is 14.4 Å². The number of ketones is 1. The molecule has 0 aromatic heterocycles. The predicted molar refractivity (Wildman–Crippen MR) is 125 cm³/mol. The van der Waals surface area contributed by atoms with Gasteiger partial charge in [-0.05, 0) is 42.3 Å². The van der Waals surface area contributed by atoms with Crippen molar-refractivity contribution >= 4 is 52.6 Å². The quantitative estimate of drug-likeness (QED) is 0.597. The highest BCUT2D eigenvalue weighted by molar-refractivity contribution is 6.42. The Morgan fingerprint density at radius 2 is 1.79 bits per heavy atom. The van der Waals surface area contributed by atoms with Crippen molar-refractivity contribution in [2.24, 2.45) is 0 Å². The van der Waals surface area contributed by atoms with Crippen LogP contribution in [0, 0.1) is 0 Å². The summed E-state index contributed by atoms with van der Waals surface area (Å²) in [5.41, 5.74) is 1.98. The van der Waals surface area contributed by atoms with E-state index < -0.39 is 29.7 Å². The van der Waals surface area contributed by atoms with Gasteiger partial charge in [-0.2, -0.15) is 0 Å². The molecule has 1 unspecified atom stereocenters. The van der Waals surface area contributed by atoms with E-state index in [9.17, 15) is 19.2 Å². The molecule has 0 spiro atoms. The van der Waals surface area contributed by atoms with E-state index in [4.69, 9.17) is 28.3 Å². The number of nitrogens with one attached hydrogen (secondary N) is 1. The first kappa shape index (κ1) is 24.3. The maximum Gasteiger partial charge on any atom is 0.323 e. The number of hydrogen-bond acceptors (Lipinski definition) is 4. The van der Waals surface area contributed by atoms with Crippen molar-refractivity contribution in [1.82, 2.24) is 10.2 Å². The number of amides is 3. The number of hydrogen-bond donors (Lipinski definition) is 2. The van der Waals surface area contributed by atoms with E-state index in [1.807, 2.05) is 0 Å². The molecule has 0 bridgehead atoms. The molecule has 0 radical (unpaired) electrons.